The van der Waals surface area contributed by atoms with Crippen LogP contribution in [0.25, 0.3) is 0 Å². The third-order valence-electron chi connectivity index (χ3n) is 4.01. The van der Waals surface area contributed by atoms with Gasteiger partial charge in [-0.05, 0) is 19.1 Å². The van der Waals surface area contributed by atoms with E-state index in [9.17, 15) is 14.7 Å². The number of β-amino-alcohol motifs (C(OH)–C–C–N with tert-alkyl or cyclic N) is 1. The number of ether oxygens (including phenoxy) is 1. The van der Waals surface area contributed by atoms with Crippen LogP contribution in [-0.4, -0.2) is 48.8 Å². The fourth-order valence-corrected chi connectivity index (χ4v) is 2.65. The number of hydrogen-bond acceptors (Lipinski definition) is 5. The van der Waals surface area contributed by atoms with Gasteiger partial charge in [-0.1, -0.05) is 6.07 Å². The van der Waals surface area contributed by atoms with Gasteiger partial charge in [0, 0.05) is 25.6 Å². The molecule has 3 unspecified atom stereocenters. The van der Waals surface area contributed by atoms with Crippen LogP contribution in [0.15, 0.2) is 18.2 Å². The van der Waals surface area contributed by atoms with Crippen molar-refractivity contribution in [3.63, 3.8) is 0 Å². The topological polar surface area (TPSA) is 99.7 Å². The molecule has 0 aromatic heterocycles. The maximum Gasteiger partial charge on any atom is 0.265 e. The van der Waals surface area contributed by atoms with Crippen molar-refractivity contribution in [3.05, 3.63) is 23.8 Å². The highest BCUT2D eigenvalue weighted by atomic mass is 16.5. The number of aliphatic hydroxyl groups excluding tert-OH is 1. The lowest BCUT2D eigenvalue weighted by molar-refractivity contribution is -0.122. The summed E-state index contributed by atoms with van der Waals surface area (Å²) >= 11 is 0. The van der Waals surface area contributed by atoms with Crippen molar-refractivity contribution >= 4 is 17.5 Å². The van der Waals surface area contributed by atoms with Gasteiger partial charge in [0.15, 0.2) is 11.9 Å². The summed E-state index contributed by atoms with van der Waals surface area (Å²) in [5.74, 6) is -0.121. The SMILES string of the molecule is CC1Oc2c(cccc2C(=O)NCC2CNCC2O)NC1=O. The Kier molecular flexibility index (Phi) is 4.00. The van der Waals surface area contributed by atoms with Crippen LogP contribution in [0.4, 0.5) is 5.69 Å². The maximum absolute atomic E-state index is 12.4. The minimum Gasteiger partial charge on any atom is -0.478 e. The van der Waals surface area contributed by atoms with Gasteiger partial charge in [-0.15, -0.1) is 0 Å². The van der Waals surface area contributed by atoms with Crippen LogP contribution in [-0.2, 0) is 4.79 Å². The fourth-order valence-electron chi connectivity index (χ4n) is 2.65. The molecule has 1 saturated heterocycles. The molecule has 2 amide bonds. The minimum absolute atomic E-state index is 0.00281. The lowest BCUT2D eigenvalue weighted by Crippen LogP contribution is -2.37. The monoisotopic (exact) mass is 305 g/mol. The molecule has 0 radical (unpaired) electrons. The van der Waals surface area contributed by atoms with Crippen molar-refractivity contribution in [2.24, 2.45) is 5.92 Å². The summed E-state index contributed by atoms with van der Waals surface area (Å²) in [7, 11) is 0. The van der Waals surface area contributed by atoms with E-state index in [1.54, 1.807) is 25.1 Å². The molecule has 7 heteroatoms. The maximum atomic E-state index is 12.4. The van der Waals surface area contributed by atoms with E-state index in [2.05, 4.69) is 16.0 Å². The molecule has 1 fully saturated rings. The van der Waals surface area contributed by atoms with E-state index in [-0.39, 0.29) is 17.7 Å². The summed E-state index contributed by atoms with van der Waals surface area (Å²) < 4.78 is 5.55. The third kappa shape index (κ3) is 2.77. The molecular weight excluding hydrogens is 286 g/mol. The fraction of sp³-hybridized carbons (Fsp3) is 0.467. The number of para-hydroxylation sites is 1. The predicted octanol–water partition coefficient (Wildman–Crippen LogP) is -0.284. The Hall–Kier alpha value is -2.12. The first-order valence-electron chi connectivity index (χ1n) is 7.34. The molecule has 2 aliphatic rings. The van der Waals surface area contributed by atoms with E-state index < -0.39 is 12.2 Å². The Morgan fingerprint density at radius 2 is 2.27 bits per heavy atom. The number of amides is 2. The molecular formula is C15H19N3O4. The van der Waals surface area contributed by atoms with Crippen LogP contribution >= 0.6 is 0 Å². The molecule has 118 valence electrons. The Balaban J connectivity index is 1.73. The summed E-state index contributed by atoms with van der Waals surface area (Å²) in [5, 5.41) is 18.3. The molecule has 1 aromatic carbocycles. The molecule has 4 N–H and O–H groups in total. The number of nitrogens with one attached hydrogen (secondary N) is 3. The molecule has 0 spiro atoms. The standard InChI is InChI=1S/C15H19N3O4/c1-8-14(20)18-11-4-2-3-10(13(11)22-8)15(21)17-6-9-5-16-7-12(9)19/h2-4,8-9,12,16,19H,5-7H2,1H3,(H,17,21)(H,18,20). The van der Waals surface area contributed by atoms with E-state index in [0.29, 0.717) is 36.6 Å². The molecule has 2 aliphatic heterocycles. The summed E-state index contributed by atoms with van der Waals surface area (Å²) in [4.78, 5) is 24.0. The van der Waals surface area contributed by atoms with E-state index >= 15 is 0 Å². The van der Waals surface area contributed by atoms with Crippen molar-refractivity contribution in [2.45, 2.75) is 19.1 Å². The lowest BCUT2D eigenvalue weighted by Gasteiger charge is -2.25. The van der Waals surface area contributed by atoms with Crippen LogP contribution in [0.1, 0.15) is 17.3 Å². The number of carbonyl (C=O) groups excluding carboxylic acids is 2. The quantitative estimate of drug-likeness (QED) is 0.615. The molecule has 0 aliphatic carbocycles. The van der Waals surface area contributed by atoms with Gasteiger partial charge >= 0.3 is 0 Å². The van der Waals surface area contributed by atoms with Gasteiger partial charge in [-0.25, -0.2) is 0 Å². The van der Waals surface area contributed by atoms with Gasteiger partial charge in [0.25, 0.3) is 11.8 Å². The van der Waals surface area contributed by atoms with Crippen LogP contribution in [0.5, 0.6) is 5.75 Å². The zero-order chi connectivity index (χ0) is 15.7. The smallest absolute Gasteiger partial charge is 0.265 e. The lowest BCUT2D eigenvalue weighted by atomic mass is 10.1. The van der Waals surface area contributed by atoms with Crippen molar-refractivity contribution < 1.29 is 19.4 Å². The second-order valence-electron chi connectivity index (χ2n) is 5.63. The molecule has 1 aromatic rings. The average molecular weight is 305 g/mol. The third-order valence-corrected chi connectivity index (χ3v) is 4.01. The number of hydrogen-bond donors (Lipinski definition) is 4. The van der Waals surface area contributed by atoms with Gasteiger partial charge < -0.3 is 25.8 Å². The van der Waals surface area contributed by atoms with Gasteiger partial charge in [0.05, 0.1) is 17.4 Å². The first-order chi connectivity index (χ1) is 10.6. The summed E-state index contributed by atoms with van der Waals surface area (Å²) in [6, 6.07) is 5.04. The molecule has 3 atom stereocenters. The molecule has 2 heterocycles. The number of carbonyl (C=O) groups is 2. The summed E-state index contributed by atoms with van der Waals surface area (Å²) in [5.41, 5.74) is 0.878. The molecule has 3 rings (SSSR count). The normalized spacial score (nSPS) is 26.8. The van der Waals surface area contributed by atoms with Crippen molar-refractivity contribution in [2.75, 3.05) is 25.0 Å². The van der Waals surface area contributed by atoms with E-state index in [1.807, 2.05) is 0 Å². The van der Waals surface area contributed by atoms with Crippen molar-refractivity contribution in [1.82, 2.24) is 10.6 Å². The first kappa shape index (κ1) is 14.8. The van der Waals surface area contributed by atoms with Crippen molar-refractivity contribution in [3.8, 4) is 5.75 Å². The molecule has 22 heavy (non-hydrogen) atoms. The molecule has 0 bridgehead atoms. The number of fused-ring (bicyclic) bond motifs is 1. The van der Waals surface area contributed by atoms with Crippen LogP contribution in [0, 0.1) is 5.92 Å². The number of anilines is 1. The van der Waals surface area contributed by atoms with Gasteiger partial charge in [0.2, 0.25) is 0 Å². The van der Waals surface area contributed by atoms with Gasteiger partial charge in [-0.3, -0.25) is 9.59 Å². The number of rotatable bonds is 3. The van der Waals surface area contributed by atoms with Crippen LogP contribution < -0.4 is 20.7 Å². The molecule has 0 saturated carbocycles. The highest BCUT2D eigenvalue weighted by Crippen LogP contribution is 2.33. The summed E-state index contributed by atoms with van der Waals surface area (Å²) in [6.07, 6.45) is -1.08. The second kappa shape index (κ2) is 5.94. The van der Waals surface area contributed by atoms with E-state index in [4.69, 9.17) is 4.74 Å². The Labute approximate surface area is 128 Å². The predicted molar refractivity (Wildman–Crippen MR) is 79.9 cm³/mol. The van der Waals surface area contributed by atoms with Crippen LogP contribution in [0.3, 0.4) is 0 Å². The second-order valence-corrected chi connectivity index (χ2v) is 5.63. The van der Waals surface area contributed by atoms with E-state index in [0.717, 1.165) is 0 Å². The zero-order valence-corrected chi connectivity index (χ0v) is 12.3. The number of benzene rings is 1. The van der Waals surface area contributed by atoms with E-state index in [1.165, 1.54) is 0 Å². The first-order valence-corrected chi connectivity index (χ1v) is 7.34. The highest BCUT2D eigenvalue weighted by molar-refractivity contribution is 6.03. The Morgan fingerprint density at radius 3 is 3.00 bits per heavy atom. The highest BCUT2D eigenvalue weighted by Gasteiger charge is 2.29. The molecule has 7 nitrogen and oxygen atoms in total. The Morgan fingerprint density at radius 1 is 1.45 bits per heavy atom. The Bertz CT molecular complexity index is 604. The zero-order valence-electron chi connectivity index (χ0n) is 12.3. The summed E-state index contributed by atoms with van der Waals surface area (Å²) in [6.45, 7) is 3.25. The minimum atomic E-state index is -0.637. The average Bonchev–Trinajstić information content (AvgIpc) is 2.91. The van der Waals surface area contributed by atoms with Crippen LogP contribution in [0.2, 0.25) is 0 Å². The van der Waals surface area contributed by atoms with Crippen molar-refractivity contribution in [1.29, 1.82) is 0 Å². The van der Waals surface area contributed by atoms with Gasteiger partial charge in [-0.2, -0.15) is 0 Å². The largest absolute Gasteiger partial charge is 0.478 e. The van der Waals surface area contributed by atoms with Gasteiger partial charge in [0.1, 0.15) is 0 Å². The number of aliphatic hydroxyl groups is 1.